The smallest absolute Gasteiger partial charge is 0.325 e. The first-order valence-corrected chi connectivity index (χ1v) is 13.4. The lowest BCUT2D eigenvalue weighted by atomic mass is 9.95. The molecule has 0 radical (unpaired) electrons. The Kier molecular flexibility index (Phi) is 21.2. The number of methoxy groups -OCH3 is 1. The molecule has 0 fully saturated rings. The van der Waals surface area contributed by atoms with Crippen molar-refractivity contribution < 1.29 is 9.53 Å². The van der Waals surface area contributed by atoms with Crippen LogP contribution in [-0.2, 0) is 9.53 Å². The van der Waals surface area contributed by atoms with Gasteiger partial charge in [-0.25, -0.2) is 0 Å². The van der Waals surface area contributed by atoms with E-state index in [1.165, 1.54) is 136 Å². The number of esters is 1. The Hall–Kier alpha value is -0.570. The molecule has 1 unspecified atom stereocenters. The molecule has 0 aromatic rings. The van der Waals surface area contributed by atoms with Crippen LogP contribution in [0, 0.1) is 0 Å². The zero-order valence-corrected chi connectivity index (χ0v) is 21.0. The molecule has 0 bridgehead atoms. The Balaban J connectivity index is 3.16. The van der Waals surface area contributed by atoms with Gasteiger partial charge in [0.25, 0.3) is 0 Å². The molecule has 0 heterocycles. The normalized spacial score (nSPS) is 13.3. The highest BCUT2D eigenvalue weighted by Crippen LogP contribution is 2.17. The summed E-state index contributed by atoms with van der Waals surface area (Å²) in [5, 5.41) is 0. The van der Waals surface area contributed by atoms with Crippen molar-refractivity contribution in [1.29, 1.82) is 0 Å². The lowest BCUT2D eigenvalue weighted by Gasteiger charge is -2.20. The second kappa shape index (κ2) is 21.7. The van der Waals surface area contributed by atoms with E-state index in [-0.39, 0.29) is 5.97 Å². The summed E-state index contributed by atoms with van der Waals surface area (Å²) in [6, 6.07) is 0. The maximum atomic E-state index is 11.5. The molecule has 0 rings (SSSR count). The summed E-state index contributed by atoms with van der Waals surface area (Å²) < 4.78 is 4.75. The number of carbonyl (C=O) groups is 1. The van der Waals surface area contributed by atoms with Crippen LogP contribution >= 0.6 is 0 Å². The van der Waals surface area contributed by atoms with Crippen LogP contribution in [-0.4, -0.2) is 18.6 Å². The Bertz CT molecular complexity index is 368. The van der Waals surface area contributed by atoms with Gasteiger partial charge in [0.1, 0.15) is 5.54 Å². The number of rotatable bonds is 23. The zero-order valence-electron chi connectivity index (χ0n) is 21.0. The summed E-state index contributed by atoms with van der Waals surface area (Å²) in [5.74, 6) is -0.296. The summed E-state index contributed by atoms with van der Waals surface area (Å²) in [4.78, 5) is 11.5. The number of hydrogen-bond acceptors (Lipinski definition) is 3. The van der Waals surface area contributed by atoms with Gasteiger partial charge in [-0.1, -0.05) is 142 Å². The average Bonchev–Trinajstić information content (AvgIpc) is 2.74. The molecule has 0 aliphatic heterocycles. The van der Waals surface area contributed by atoms with Crippen molar-refractivity contribution in [2.75, 3.05) is 7.11 Å². The predicted octanol–water partition coefficient (Wildman–Crippen LogP) is 8.48. The van der Waals surface area contributed by atoms with E-state index in [0.717, 1.165) is 12.8 Å². The molecule has 0 aromatic carbocycles. The van der Waals surface area contributed by atoms with Gasteiger partial charge >= 0.3 is 5.97 Å². The molecule has 0 aromatic heterocycles. The summed E-state index contributed by atoms with van der Waals surface area (Å²) in [5.41, 5.74) is 5.16. The highest BCUT2D eigenvalue weighted by atomic mass is 16.5. The minimum absolute atomic E-state index is 0.296. The Morgan fingerprint density at radius 1 is 0.600 bits per heavy atom. The molecule has 30 heavy (non-hydrogen) atoms. The highest BCUT2D eigenvalue weighted by Gasteiger charge is 2.28. The third-order valence-corrected chi connectivity index (χ3v) is 6.45. The number of unbranched alkanes of at least 4 members (excludes halogenated alkanes) is 20. The molecule has 3 nitrogen and oxygen atoms in total. The third kappa shape index (κ3) is 19.4. The molecule has 0 aliphatic carbocycles. The van der Waals surface area contributed by atoms with Gasteiger partial charge in [-0.05, 0) is 13.3 Å². The lowest BCUT2D eigenvalue weighted by molar-refractivity contribution is -0.146. The van der Waals surface area contributed by atoms with Gasteiger partial charge in [-0.3, -0.25) is 4.79 Å². The lowest BCUT2D eigenvalue weighted by Crippen LogP contribution is -2.45. The molecule has 0 saturated carbocycles. The van der Waals surface area contributed by atoms with Gasteiger partial charge in [0, 0.05) is 0 Å². The van der Waals surface area contributed by atoms with Crippen LogP contribution in [0.4, 0.5) is 0 Å². The summed E-state index contributed by atoms with van der Waals surface area (Å²) >= 11 is 0. The minimum atomic E-state index is -0.817. The Labute approximate surface area is 189 Å². The summed E-state index contributed by atoms with van der Waals surface area (Å²) in [6.45, 7) is 4.06. The third-order valence-electron chi connectivity index (χ3n) is 6.45. The van der Waals surface area contributed by atoms with Crippen molar-refractivity contribution in [2.45, 2.75) is 161 Å². The van der Waals surface area contributed by atoms with E-state index >= 15 is 0 Å². The van der Waals surface area contributed by atoms with Crippen LogP contribution in [0.1, 0.15) is 155 Å². The highest BCUT2D eigenvalue weighted by molar-refractivity contribution is 5.79. The number of carbonyl (C=O) groups excluding carboxylic acids is 1. The minimum Gasteiger partial charge on any atom is -0.468 e. The van der Waals surface area contributed by atoms with E-state index in [2.05, 4.69) is 6.92 Å². The number of ether oxygens (including phenoxy) is 1. The fourth-order valence-electron chi connectivity index (χ4n) is 4.26. The van der Waals surface area contributed by atoms with E-state index in [9.17, 15) is 4.79 Å². The topological polar surface area (TPSA) is 52.3 Å². The van der Waals surface area contributed by atoms with Crippen molar-refractivity contribution in [1.82, 2.24) is 0 Å². The first-order chi connectivity index (χ1) is 14.5. The molecule has 3 heteroatoms. The predicted molar refractivity (Wildman–Crippen MR) is 132 cm³/mol. The maximum absolute atomic E-state index is 11.5. The van der Waals surface area contributed by atoms with Crippen LogP contribution in [0.3, 0.4) is 0 Å². The first kappa shape index (κ1) is 29.4. The summed E-state index contributed by atoms with van der Waals surface area (Å²) in [6.07, 6.45) is 29.8. The van der Waals surface area contributed by atoms with E-state index in [4.69, 9.17) is 10.5 Å². The molecule has 0 spiro atoms. The average molecular weight is 426 g/mol. The molecular weight excluding hydrogens is 370 g/mol. The van der Waals surface area contributed by atoms with Gasteiger partial charge in [0.05, 0.1) is 7.11 Å². The van der Waals surface area contributed by atoms with Gasteiger partial charge in [-0.15, -0.1) is 0 Å². The van der Waals surface area contributed by atoms with Crippen molar-refractivity contribution >= 4 is 5.97 Å². The van der Waals surface area contributed by atoms with Crippen LogP contribution in [0.5, 0.6) is 0 Å². The molecule has 2 N–H and O–H groups in total. The van der Waals surface area contributed by atoms with E-state index in [1.807, 2.05) is 0 Å². The SMILES string of the molecule is CCCCCCCCCCCCCCCCCCCCCCCC(C)(N)C(=O)OC. The van der Waals surface area contributed by atoms with Crippen LogP contribution < -0.4 is 5.73 Å². The van der Waals surface area contributed by atoms with Gasteiger partial charge in [0.15, 0.2) is 0 Å². The summed E-state index contributed by atoms with van der Waals surface area (Å²) in [7, 11) is 1.41. The van der Waals surface area contributed by atoms with Crippen LogP contribution in [0.2, 0.25) is 0 Å². The Morgan fingerprint density at radius 2 is 0.867 bits per heavy atom. The van der Waals surface area contributed by atoms with E-state index in [0.29, 0.717) is 0 Å². The molecular formula is C27H55NO2. The van der Waals surface area contributed by atoms with Gasteiger partial charge in [-0.2, -0.15) is 0 Å². The zero-order chi connectivity index (χ0) is 22.3. The second-order valence-corrected chi connectivity index (χ2v) is 9.73. The fraction of sp³-hybridized carbons (Fsp3) is 0.963. The molecule has 180 valence electrons. The largest absolute Gasteiger partial charge is 0.468 e. The maximum Gasteiger partial charge on any atom is 0.325 e. The quantitative estimate of drug-likeness (QED) is 0.132. The molecule has 1 atom stereocenters. The molecule has 0 aliphatic rings. The number of hydrogen-bond donors (Lipinski definition) is 1. The van der Waals surface area contributed by atoms with E-state index < -0.39 is 5.54 Å². The van der Waals surface area contributed by atoms with Crippen LogP contribution in [0.15, 0.2) is 0 Å². The van der Waals surface area contributed by atoms with Crippen LogP contribution in [0.25, 0.3) is 0 Å². The van der Waals surface area contributed by atoms with Crippen molar-refractivity contribution in [3.63, 3.8) is 0 Å². The fourth-order valence-corrected chi connectivity index (χ4v) is 4.26. The Morgan fingerprint density at radius 3 is 1.13 bits per heavy atom. The van der Waals surface area contributed by atoms with Gasteiger partial charge < -0.3 is 10.5 Å². The first-order valence-electron chi connectivity index (χ1n) is 13.4. The molecule has 0 saturated heterocycles. The van der Waals surface area contributed by atoms with Crippen molar-refractivity contribution in [2.24, 2.45) is 5.73 Å². The van der Waals surface area contributed by atoms with Crippen molar-refractivity contribution in [3.8, 4) is 0 Å². The van der Waals surface area contributed by atoms with Gasteiger partial charge in [0.2, 0.25) is 0 Å². The second-order valence-electron chi connectivity index (χ2n) is 9.73. The monoisotopic (exact) mass is 425 g/mol. The number of nitrogens with two attached hydrogens (primary N) is 1. The standard InChI is InChI=1S/C27H55NO2/c1-4-5-6-7-8-9-10-11-12-13-14-15-16-17-18-19-20-21-22-23-24-25-27(2,28)26(29)30-3/h4-25,28H2,1-3H3. The van der Waals surface area contributed by atoms with Crippen molar-refractivity contribution in [3.05, 3.63) is 0 Å². The molecule has 0 amide bonds. The van der Waals surface area contributed by atoms with E-state index in [1.54, 1.807) is 6.92 Å².